The number of methoxy groups -OCH3 is 2. The van der Waals surface area contributed by atoms with Crippen LogP contribution in [-0.2, 0) is 4.79 Å². The highest BCUT2D eigenvalue weighted by molar-refractivity contribution is 5.86. The summed E-state index contributed by atoms with van der Waals surface area (Å²) in [6.07, 6.45) is 2.60. The third-order valence-corrected chi connectivity index (χ3v) is 2.47. The molecule has 0 bridgehead atoms. The van der Waals surface area contributed by atoms with E-state index in [9.17, 15) is 4.79 Å². The van der Waals surface area contributed by atoms with Crippen LogP contribution in [0.2, 0.25) is 0 Å². The summed E-state index contributed by atoms with van der Waals surface area (Å²) in [6, 6.07) is 1.93. The summed E-state index contributed by atoms with van der Waals surface area (Å²) in [5, 5.41) is 8.65. The summed E-state index contributed by atoms with van der Waals surface area (Å²) in [5.41, 5.74) is 2.62. The van der Waals surface area contributed by atoms with Crippen LogP contribution in [0.15, 0.2) is 12.1 Å². The number of aryl methyl sites for hydroxylation is 2. The van der Waals surface area contributed by atoms with Gasteiger partial charge in [-0.15, -0.1) is 0 Å². The number of carbonyl (C=O) groups is 1. The van der Waals surface area contributed by atoms with Gasteiger partial charge in [-0.2, -0.15) is 0 Å². The smallest absolute Gasteiger partial charge is 0.328 e. The lowest BCUT2D eigenvalue weighted by Gasteiger charge is -2.15. The highest BCUT2D eigenvalue weighted by Crippen LogP contribution is 2.37. The minimum atomic E-state index is -0.994. The van der Waals surface area contributed by atoms with Crippen LogP contribution in [-0.4, -0.2) is 25.3 Å². The van der Waals surface area contributed by atoms with Crippen molar-refractivity contribution in [1.82, 2.24) is 0 Å². The van der Waals surface area contributed by atoms with Crippen LogP contribution < -0.4 is 9.47 Å². The maximum atomic E-state index is 10.5. The summed E-state index contributed by atoms with van der Waals surface area (Å²) < 4.78 is 10.6. The SMILES string of the molecule is COc1c(C)cc(C)c(C=CC(=O)O)c1OC. The maximum Gasteiger partial charge on any atom is 0.328 e. The van der Waals surface area contributed by atoms with E-state index >= 15 is 0 Å². The molecule has 0 spiro atoms. The molecule has 0 fully saturated rings. The molecule has 0 aliphatic carbocycles. The Morgan fingerprint density at radius 2 is 1.76 bits per heavy atom. The van der Waals surface area contributed by atoms with Crippen LogP contribution in [0.1, 0.15) is 16.7 Å². The van der Waals surface area contributed by atoms with Crippen LogP contribution in [0.3, 0.4) is 0 Å². The van der Waals surface area contributed by atoms with Gasteiger partial charge in [-0.3, -0.25) is 0 Å². The van der Waals surface area contributed by atoms with Gasteiger partial charge in [0.25, 0.3) is 0 Å². The normalized spacial score (nSPS) is 10.6. The molecule has 1 rings (SSSR count). The molecule has 0 radical (unpaired) electrons. The summed E-state index contributed by atoms with van der Waals surface area (Å²) in [4.78, 5) is 10.5. The lowest BCUT2D eigenvalue weighted by Crippen LogP contribution is -1.98. The molecular weight excluding hydrogens is 220 g/mol. The lowest BCUT2D eigenvalue weighted by molar-refractivity contribution is -0.131. The van der Waals surface area contributed by atoms with E-state index in [0.29, 0.717) is 11.5 Å². The van der Waals surface area contributed by atoms with Crippen LogP contribution in [0.4, 0.5) is 0 Å². The highest BCUT2D eigenvalue weighted by Gasteiger charge is 2.14. The van der Waals surface area contributed by atoms with E-state index in [1.807, 2.05) is 19.9 Å². The van der Waals surface area contributed by atoms with Crippen molar-refractivity contribution < 1.29 is 19.4 Å². The first-order chi connectivity index (χ1) is 8.01. The van der Waals surface area contributed by atoms with Gasteiger partial charge in [0.1, 0.15) is 0 Å². The van der Waals surface area contributed by atoms with Gasteiger partial charge >= 0.3 is 5.97 Å². The Labute approximate surface area is 100 Å². The largest absolute Gasteiger partial charge is 0.493 e. The highest BCUT2D eigenvalue weighted by atomic mass is 16.5. The second-order valence-corrected chi connectivity index (χ2v) is 3.66. The molecule has 0 unspecified atom stereocenters. The van der Waals surface area contributed by atoms with Gasteiger partial charge < -0.3 is 14.6 Å². The summed E-state index contributed by atoms with van der Waals surface area (Å²) >= 11 is 0. The van der Waals surface area contributed by atoms with Gasteiger partial charge in [-0.25, -0.2) is 4.79 Å². The van der Waals surface area contributed by atoms with E-state index in [1.165, 1.54) is 13.2 Å². The molecular formula is C13H16O4. The third kappa shape index (κ3) is 2.78. The number of benzene rings is 1. The first kappa shape index (κ1) is 13.1. The van der Waals surface area contributed by atoms with Crippen molar-refractivity contribution in [2.75, 3.05) is 14.2 Å². The number of aliphatic carboxylic acids is 1. The summed E-state index contributed by atoms with van der Waals surface area (Å²) in [7, 11) is 3.10. The van der Waals surface area contributed by atoms with E-state index in [1.54, 1.807) is 7.11 Å². The Kier molecular flexibility index (Phi) is 4.15. The number of ether oxygens (including phenoxy) is 2. The van der Waals surface area contributed by atoms with Crippen LogP contribution >= 0.6 is 0 Å². The topological polar surface area (TPSA) is 55.8 Å². The van der Waals surface area contributed by atoms with Gasteiger partial charge in [0.05, 0.1) is 14.2 Å². The zero-order valence-electron chi connectivity index (χ0n) is 10.4. The van der Waals surface area contributed by atoms with Gasteiger partial charge in [0.2, 0.25) is 0 Å². The number of rotatable bonds is 4. The predicted molar refractivity (Wildman–Crippen MR) is 65.7 cm³/mol. The van der Waals surface area contributed by atoms with Crippen LogP contribution in [0, 0.1) is 13.8 Å². The molecule has 17 heavy (non-hydrogen) atoms. The summed E-state index contributed by atoms with van der Waals surface area (Å²) in [5.74, 6) is 0.191. The van der Waals surface area contributed by atoms with Crippen LogP contribution in [0.25, 0.3) is 6.08 Å². The summed E-state index contributed by atoms with van der Waals surface area (Å²) in [6.45, 7) is 3.82. The average Bonchev–Trinajstić information content (AvgIpc) is 2.26. The molecule has 1 N–H and O–H groups in total. The molecule has 0 saturated heterocycles. The van der Waals surface area contributed by atoms with Crippen molar-refractivity contribution in [1.29, 1.82) is 0 Å². The molecule has 0 aliphatic rings. The fourth-order valence-electron chi connectivity index (χ4n) is 1.77. The van der Waals surface area contributed by atoms with Gasteiger partial charge in [-0.1, -0.05) is 6.07 Å². The van der Waals surface area contributed by atoms with Crippen molar-refractivity contribution >= 4 is 12.0 Å². The van der Waals surface area contributed by atoms with Crippen molar-refractivity contribution in [3.05, 3.63) is 28.8 Å². The van der Waals surface area contributed by atoms with E-state index in [2.05, 4.69) is 0 Å². The van der Waals surface area contributed by atoms with Gasteiger partial charge in [-0.05, 0) is 31.1 Å². The number of carboxylic acid groups (broad SMARTS) is 1. The minimum absolute atomic E-state index is 0.558. The Balaban J connectivity index is 3.42. The Morgan fingerprint density at radius 1 is 1.18 bits per heavy atom. The molecule has 0 saturated carbocycles. The van der Waals surface area contributed by atoms with E-state index in [-0.39, 0.29) is 0 Å². The molecule has 92 valence electrons. The third-order valence-electron chi connectivity index (χ3n) is 2.47. The van der Waals surface area contributed by atoms with Crippen molar-refractivity contribution in [2.24, 2.45) is 0 Å². The molecule has 0 amide bonds. The second kappa shape index (κ2) is 5.39. The van der Waals surface area contributed by atoms with Crippen molar-refractivity contribution in [3.63, 3.8) is 0 Å². The zero-order valence-corrected chi connectivity index (χ0v) is 10.4. The molecule has 1 aromatic carbocycles. The minimum Gasteiger partial charge on any atom is -0.493 e. The maximum absolute atomic E-state index is 10.5. The standard InChI is InChI=1S/C13H16O4/c1-8-7-9(2)12(16-3)13(17-4)10(8)5-6-11(14)15/h5-7H,1-4H3,(H,14,15). The number of hydrogen-bond donors (Lipinski definition) is 1. The van der Waals surface area contributed by atoms with E-state index in [4.69, 9.17) is 14.6 Å². The lowest BCUT2D eigenvalue weighted by atomic mass is 10.0. The Hall–Kier alpha value is -1.97. The van der Waals surface area contributed by atoms with Gasteiger partial charge in [0.15, 0.2) is 11.5 Å². The molecule has 0 heterocycles. The molecule has 0 aromatic heterocycles. The molecule has 0 aliphatic heterocycles. The predicted octanol–water partition coefficient (Wildman–Crippen LogP) is 2.42. The van der Waals surface area contributed by atoms with Gasteiger partial charge in [0, 0.05) is 11.6 Å². The average molecular weight is 236 g/mol. The first-order valence-electron chi connectivity index (χ1n) is 5.14. The van der Waals surface area contributed by atoms with E-state index in [0.717, 1.165) is 22.8 Å². The second-order valence-electron chi connectivity index (χ2n) is 3.66. The Bertz CT molecular complexity index is 461. The zero-order chi connectivity index (χ0) is 13.0. The van der Waals surface area contributed by atoms with Crippen LogP contribution in [0.5, 0.6) is 11.5 Å². The van der Waals surface area contributed by atoms with Crippen molar-refractivity contribution in [3.8, 4) is 11.5 Å². The number of carboxylic acids is 1. The first-order valence-corrected chi connectivity index (χ1v) is 5.14. The fraction of sp³-hybridized carbons (Fsp3) is 0.308. The Morgan fingerprint density at radius 3 is 2.24 bits per heavy atom. The van der Waals surface area contributed by atoms with Crippen molar-refractivity contribution in [2.45, 2.75) is 13.8 Å². The number of hydrogen-bond acceptors (Lipinski definition) is 3. The van der Waals surface area contributed by atoms with E-state index < -0.39 is 5.97 Å². The molecule has 4 nitrogen and oxygen atoms in total. The molecule has 4 heteroatoms. The quantitative estimate of drug-likeness (QED) is 0.816. The molecule has 1 aromatic rings. The molecule has 0 atom stereocenters. The fourth-order valence-corrected chi connectivity index (χ4v) is 1.77. The monoisotopic (exact) mass is 236 g/mol.